The van der Waals surface area contributed by atoms with Crippen LogP contribution in [0.4, 0.5) is 0 Å². The zero-order chi connectivity index (χ0) is 16.6. The van der Waals surface area contributed by atoms with Crippen molar-refractivity contribution in [3.8, 4) is 0 Å². The predicted octanol–water partition coefficient (Wildman–Crippen LogP) is 2.43. The summed E-state index contributed by atoms with van der Waals surface area (Å²) in [4.78, 5) is 25.3. The number of nitrogens with one attached hydrogen (secondary N) is 2. The van der Waals surface area contributed by atoms with E-state index in [1.807, 2.05) is 18.2 Å². The van der Waals surface area contributed by atoms with Crippen LogP contribution in [0.3, 0.4) is 0 Å². The molecule has 1 aliphatic heterocycles. The quantitative estimate of drug-likeness (QED) is 0.893. The summed E-state index contributed by atoms with van der Waals surface area (Å²) in [5, 5.41) is 5.98. The molecule has 1 aromatic carbocycles. The van der Waals surface area contributed by atoms with E-state index in [4.69, 9.17) is 0 Å². The molecule has 2 N–H and O–H groups in total. The van der Waals surface area contributed by atoms with Crippen molar-refractivity contribution >= 4 is 11.8 Å². The van der Waals surface area contributed by atoms with Gasteiger partial charge in [-0.05, 0) is 55.9 Å². The van der Waals surface area contributed by atoms with Crippen LogP contribution in [-0.2, 0) is 16.0 Å². The van der Waals surface area contributed by atoms with Crippen molar-refractivity contribution in [2.75, 3.05) is 6.54 Å². The molecule has 0 radical (unpaired) electrons. The van der Waals surface area contributed by atoms with Gasteiger partial charge in [-0.3, -0.25) is 9.59 Å². The number of hydrogen-bond donors (Lipinski definition) is 2. The van der Waals surface area contributed by atoms with Crippen LogP contribution in [0.5, 0.6) is 0 Å². The first-order chi connectivity index (χ1) is 11.7. The van der Waals surface area contributed by atoms with Gasteiger partial charge in [0, 0.05) is 6.54 Å². The van der Waals surface area contributed by atoms with Crippen molar-refractivity contribution in [3.63, 3.8) is 0 Å². The largest absolute Gasteiger partial charge is 0.354 e. The minimum absolute atomic E-state index is 0.0207. The van der Waals surface area contributed by atoms with Gasteiger partial charge in [-0.1, -0.05) is 36.8 Å². The van der Waals surface area contributed by atoms with E-state index in [2.05, 4.69) is 22.8 Å². The first kappa shape index (κ1) is 15.7. The zero-order valence-corrected chi connectivity index (χ0v) is 14.1. The molecule has 24 heavy (non-hydrogen) atoms. The van der Waals surface area contributed by atoms with Crippen LogP contribution in [0.25, 0.3) is 0 Å². The normalized spacial score (nSPS) is 34.8. The molecular weight excluding hydrogens is 300 g/mol. The summed E-state index contributed by atoms with van der Waals surface area (Å²) in [6.07, 6.45) is 7.07. The maximum atomic E-state index is 13.3. The molecule has 128 valence electrons. The van der Waals surface area contributed by atoms with Crippen LogP contribution in [-0.4, -0.2) is 24.4 Å². The number of benzene rings is 1. The molecule has 0 spiro atoms. The molecule has 3 aliphatic rings. The van der Waals surface area contributed by atoms with Crippen molar-refractivity contribution in [1.29, 1.82) is 0 Å². The number of fused-ring (bicyclic) bond motifs is 2. The van der Waals surface area contributed by atoms with Crippen LogP contribution in [0.15, 0.2) is 30.3 Å². The lowest BCUT2D eigenvalue weighted by Crippen LogP contribution is -2.55. The van der Waals surface area contributed by atoms with Crippen molar-refractivity contribution in [2.24, 2.45) is 17.3 Å². The van der Waals surface area contributed by atoms with Crippen molar-refractivity contribution in [2.45, 2.75) is 51.0 Å². The Balaban J connectivity index is 1.56. The lowest BCUT2D eigenvalue weighted by molar-refractivity contribution is -0.138. The van der Waals surface area contributed by atoms with E-state index >= 15 is 0 Å². The van der Waals surface area contributed by atoms with E-state index in [0.29, 0.717) is 11.8 Å². The highest BCUT2D eigenvalue weighted by atomic mass is 16.2. The number of hydrogen-bond acceptors (Lipinski definition) is 2. The third-order valence-electron chi connectivity index (χ3n) is 6.38. The molecule has 0 unspecified atom stereocenters. The molecule has 2 aliphatic carbocycles. The highest BCUT2D eigenvalue weighted by Gasteiger charge is 2.55. The Bertz CT molecular complexity index is 630. The Hall–Kier alpha value is -1.84. The minimum atomic E-state index is -0.349. The second-order valence-corrected chi connectivity index (χ2v) is 7.86. The molecule has 4 heteroatoms. The number of carbonyl (C=O) groups excluding carboxylic acids is 2. The number of piperidine rings is 1. The number of carbonyl (C=O) groups is 2. The Morgan fingerprint density at radius 2 is 2.04 bits per heavy atom. The van der Waals surface area contributed by atoms with Crippen LogP contribution in [0.1, 0.15) is 44.1 Å². The van der Waals surface area contributed by atoms with E-state index < -0.39 is 0 Å². The van der Waals surface area contributed by atoms with Gasteiger partial charge in [0.2, 0.25) is 11.8 Å². The third-order valence-corrected chi connectivity index (χ3v) is 6.38. The lowest BCUT2D eigenvalue weighted by Gasteiger charge is -2.38. The van der Waals surface area contributed by atoms with Crippen molar-refractivity contribution in [3.05, 3.63) is 35.9 Å². The zero-order valence-electron chi connectivity index (χ0n) is 14.1. The summed E-state index contributed by atoms with van der Waals surface area (Å²) in [7, 11) is 0. The average Bonchev–Trinajstić information content (AvgIpc) is 3.19. The molecular formula is C20H26N2O2. The van der Waals surface area contributed by atoms with E-state index in [0.717, 1.165) is 38.6 Å². The van der Waals surface area contributed by atoms with Gasteiger partial charge < -0.3 is 10.6 Å². The van der Waals surface area contributed by atoms with Gasteiger partial charge >= 0.3 is 0 Å². The fourth-order valence-corrected chi connectivity index (χ4v) is 5.19. The Kier molecular flexibility index (Phi) is 4.07. The maximum Gasteiger partial charge on any atom is 0.242 e. The molecule has 2 bridgehead atoms. The summed E-state index contributed by atoms with van der Waals surface area (Å²) >= 11 is 0. The van der Waals surface area contributed by atoms with Gasteiger partial charge in [-0.15, -0.1) is 0 Å². The minimum Gasteiger partial charge on any atom is -0.354 e. The number of rotatable bonds is 4. The molecule has 0 aromatic heterocycles. The summed E-state index contributed by atoms with van der Waals surface area (Å²) in [5.74, 6) is 1.24. The molecule has 1 saturated heterocycles. The van der Waals surface area contributed by atoms with Gasteiger partial charge in [-0.2, -0.15) is 0 Å². The molecule has 4 nitrogen and oxygen atoms in total. The van der Waals surface area contributed by atoms with E-state index in [1.54, 1.807) is 0 Å². The Labute approximate surface area is 143 Å². The predicted molar refractivity (Wildman–Crippen MR) is 92.2 cm³/mol. The molecule has 4 atom stereocenters. The molecule has 2 saturated carbocycles. The second kappa shape index (κ2) is 6.23. The maximum absolute atomic E-state index is 13.3. The molecule has 1 heterocycles. The molecule has 3 fully saturated rings. The summed E-state index contributed by atoms with van der Waals surface area (Å²) < 4.78 is 0. The summed E-state index contributed by atoms with van der Waals surface area (Å²) in [6, 6.07) is 10.00. The molecule has 1 aromatic rings. The molecule has 2 amide bonds. The van der Waals surface area contributed by atoms with Gasteiger partial charge in [0.25, 0.3) is 0 Å². The van der Waals surface area contributed by atoms with Gasteiger partial charge in [0.1, 0.15) is 6.04 Å². The fraction of sp³-hybridized carbons (Fsp3) is 0.600. The first-order valence-corrected chi connectivity index (χ1v) is 9.30. The highest BCUT2D eigenvalue weighted by molar-refractivity contribution is 5.91. The summed E-state index contributed by atoms with van der Waals surface area (Å²) in [6.45, 7) is 0.727. The van der Waals surface area contributed by atoms with Crippen LogP contribution in [0.2, 0.25) is 0 Å². The average molecular weight is 326 g/mol. The van der Waals surface area contributed by atoms with E-state index in [1.165, 1.54) is 18.4 Å². The number of amides is 2. The van der Waals surface area contributed by atoms with Gasteiger partial charge in [0.05, 0.1) is 5.41 Å². The van der Waals surface area contributed by atoms with Crippen LogP contribution in [0, 0.1) is 17.3 Å². The standard InChI is InChI=1S/C20H26N2O2/c23-18-17(7-4-10-21-18)22-19(24)20(12-14-5-2-1-3-6-14)13-15-8-9-16(20)11-15/h1-3,5-6,15-17H,4,7-13H2,(H,21,23)(H,22,24)/t15-,16-,17-,20-/m0/s1. The van der Waals surface area contributed by atoms with Gasteiger partial charge in [0.15, 0.2) is 0 Å². The summed E-state index contributed by atoms with van der Waals surface area (Å²) in [5.41, 5.74) is 0.912. The SMILES string of the molecule is O=C1NCCC[C@@H]1NC(=O)[C@@]1(Cc2ccccc2)C[C@H]2CC[C@H]1C2. The first-order valence-electron chi connectivity index (χ1n) is 9.30. The monoisotopic (exact) mass is 326 g/mol. The van der Waals surface area contributed by atoms with Crippen molar-refractivity contribution < 1.29 is 9.59 Å². The van der Waals surface area contributed by atoms with E-state index in [9.17, 15) is 9.59 Å². The van der Waals surface area contributed by atoms with Crippen molar-refractivity contribution in [1.82, 2.24) is 10.6 Å². The fourth-order valence-electron chi connectivity index (χ4n) is 5.19. The van der Waals surface area contributed by atoms with Crippen LogP contribution >= 0.6 is 0 Å². The second-order valence-electron chi connectivity index (χ2n) is 7.86. The third kappa shape index (κ3) is 2.72. The smallest absolute Gasteiger partial charge is 0.242 e. The topological polar surface area (TPSA) is 58.2 Å². The Morgan fingerprint density at radius 1 is 1.21 bits per heavy atom. The highest BCUT2D eigenvalue weighted by Crippen LogP contribution is 2.57. The Morgan fingerprint density at radius 3 is 2.71 bits per heavy atom. The van der Waals surface area contributed by atoms with E-state index in [-0.39, 0.29) is 23.3 Å². The lowest BCUT2D eigenvalue weighted by atomic mass is 9.68. The molecule has 4 rings (SSSR count). The van der Waals surface area contributed by atoms with Crippen LogP contribution < -0.4 is 10.6 Å². The van der Waals surface area contributed by atoms with Gasteiger partial charge in [-0.25, -0.2) is 0 Å².